The standard InChI is InChI=1S/C14H26N2O3.C10H18F4O2.C6H14O.CH4.BH.HI2P/c1-10(17)15-9-14(4)7-11(16-12(18)19-5)6-13(2,3)8-14;1-4-9(2,5-15-3)6-16-7-10(13,14)8(11)12;1-3-4-5-6-7-2;;;1-3-2/h11H,6-9H2,1-5H3,(H,15,17)(H,16,18);8H,4-7H2,1-3H3;3-6H2,1-2H3;1H4;1H;3H/i;;;;1D;3D. The highest BCUT2D eigenvalue weighted by Crippen LogP contribution is 2.45. The van der Waals surface area contributed by atoms with Crippen LogP contribution in [0.3, 0.4) is 0 Å². The van der Waals surface area contributed by atoms with Gasteiger partial charge in [0.05, 0.1) is 21.6 Å². The van der Waals surface area contributed by atoms with Gasteiger partial charge in [0.1, 0.15) is 6.61 Å². The number of hydrogen-bond donors (Lipinski definition) is 2. The molecule has 0 aromatic heterocycles. The van der Waals surface area contributed by atoms with Crippen molar-refractivity contribution >= 4 is 68.3 Å². The quantitative estimate of drug-likeness (QED) is 0.0560. The lowest BCUT2D eigenvalue weighted by Gasteiger charge is -2.46. The Bertz CT molecular complexity index is 818. The molecule has 1 rings (SSSR count). The van der Waals surface area contributed by atoms with Crippen molar-refractivity contribution in [1.29, 1.82) is 2.61 Å². The van der Waals surface area contributed by atoms with Gasteiger partial charge in [-0.3, -0.25) is 4.79 Å². The number of rotatable bonds is 15. The summed E-state index contributed by atoms with van der Waals surface area (Å²) in [7, 11) is 8.36. The Balaban J connectivity index is -0.000000193. The van der Waals surface area contributed by atoms with Crippen molar-refractivity contribution in [3.8, 4) is 0 Å². The number of carbonyl (C=O) groups excluding carboxylic acids is 2. The number of halogens is 6. The number of hydrogen-bond acceptors (Lipinski definition) is 6. The van der Waals surface area contributed by atoms with Crippen molar-refractivity contribution < 1.29 is 46.1 Å². The summed E-state index contributed by atoms with van der Waals surface area (Å²) in [6, 6.07) is 0.0926. The third-order valence-electron chi connectivity index (χ3n) is 7.08. The minimum atomic E-state index is -4.08. The first kappa shape index (κ1) is 51.7. The van der Waals surface area contributed by atoms with Gasteiger partial charge in [0, 0.05) is 57.9 Å². The molecule has 16 heteroatoms. The van der Waals surface area contributed by atoms with Crippen molar-refractivity contribution in [2.45, 2.75) is 119 Å². The first-order valence-corrected chi connectivity index (χ1v) is 21.5. The third-order valence-corrected chi connectivity index (χ3v) is 7.08. The summed E-state index contributed by atoms with van der Waals surface area (Å²) in [6.45, 7) is 14.5. The number of amides is 2. The fourth-order valence-corrected chi connectivity index (χ4v) is 5.02. The zero-order valence-corrected chi connectivity index (χ0v) is 34.6. The van der Waals surface area contributed by atoms with Crippen LogP contribution in [0.5, 0.6) is 0 Å². The second-order valence-electron chi connectivity index (χ2n) is 12.7. The lowest BCUT2D eigenvalue weighted by atomic mass is 9.62. The molecular formula is C31H64BF4I2N2O6P. The Morgan fingerprint density at radius 2 is 1.62 bits per heavy atom. The highest BCUT2D eigenvalue weighted by molar-refractivity contribution is 14.3. The molecule has 0 heterocycles. The van der Waals surface area contributed by atoms with Crippen LogP contribution in [-0.4, -0.2) is 95.7 Å². The monoisotopic (exact) mass is 934 g/mol. The van der Waals surface area contributed by atoms with Crippen LogP contribution in [0.15, 0.2) is 0 Å². The van der Waals surface area contributed by atoms with E-state index in [-0.39, 0.29) is 42.9 Å². The number of methoxy groups -OCH3 is 3. The second kappa shape index (κ2) is 31.1. The maximum absolute atomic E-state index is 12.5. The molecule has 0 bridgehead atoms. The minimum absolute atomic E-state index is 0. The first-order chi connectivity index (χ1) is 22.1. The maximum atomic E-state index is 12.5. The van der Waals surface area contributed by atoms with E-state index in [1.54, 1.807) is 14.0 Å². The van der Waals surface area contributed by atoms with Crippen molar-refractivity contribution in [2.75, 3.05) is 54.3 Å². The maximum Gasteiger partial charge on any atom is 0.407 e. The molecule has 2 radical (unpaired) electrons. The molecular weight excluding hydrogens is 868 g/mol. The number of ether oxygens (including phenoxy) is 4. The van der Waals surface area contributed by atoms with Crippen LogP contribution < -0.4 is 10.6 Å². The predicted molar refractivity (Wildman–Crippen MR) is 207 cm³/mol. The second-order valence-corrected chi connectivity index (χ2v) is 21.3. The van der Waals surface area contributed by atoms with Gasteiger partial charge in [-0.15, -0.1) is 0 Å². The van der Waals surface area contributed by atoms with Gasteiger partial charge in [-0.2, -0.15) is 8.78 Å². The van der Waals surface area contributed by atoms with Gasteiger partial charge >= 0.3 is 18.4 Å². The average molecular weight is 934 g/mol. The van der Waals surface area contributed by atoms with E-state index in [0.717, 1.165) is 25.9 Å². The van der Waals surface area contributed by atoms with Gasteiger partial charge in [0.2, 0.25) is 5.91 Å². The van der Waals surface area contributed by atoms with E-state index in [1.807, 2.05) is 6.92 Å². The highest BCUT2D eigenvalue weighted by atomic mass is 127. The molecule has 1 fully saturated rings. The van der Waals surface area contributed by atoms with Crippen molar-refractivity contribution in [3.63, 3.8) is 0 Å². The molecule has 3 unspecified atom stereocenters. The molecule has 1 saturated carbocycles. The molecule has 1 aliphatic rings. The molecule has 2 amide bonds. The van der Waals surface area contributed by atoms with Gasteiger partial charge < -0.3 is 29.6 Å². The fourth-order valence-electron chi connectivity index (χ4n) is 5.02. The average Bonchev–Trinajstić information content (AvgIpc) is 2.97. The van der Waals surface area contributed by atoms with E-state index < -0.39 is 28.2 Å². The number of nitrogens with one attached hydrogen (secondary N) is 2. The topological polar surface area (TPSA) is 95.1 Å². The summed E-state index contributed by atoms with van der Waals surface area (Å²) in [5.41, 5.74) is -0.288. The van der Waals surface area contributed by atoms with E-state index in [9.17, 15) is 27.2 Å². The van der Waals surface area contributed by atoms with Crippen LogP contribution in [0.1, 0.15) is 101 Å². The Hall–Kier alpha value is 0.295. The summed E-state index contributed by atoms with van der Waals surface area (Å²) < 4.78 is 79.1. The lowest BCUT2D eigenvalue weighted by Crippen LogP contribution is -2.50. The van der Waals surface area contributed by atoms with E-state index in [4.69, 9.17) is 12.1 Å². The third kappa shape index (κ3) is 32.0. The van der Waals surface area contributed by atoms with E-state index in [2.05, 4.69) is 100 Å². The summed E-state index contributed by atoms with van der Waals surface area (Å²) in [5, 5.41) is 5.79. The predicted octanol–water partition coefficient (Wildman–Crippen LogP) is 9.21. The number of alkyl carbamates (subject to hydrolysis) is 1. The molecule has 2 N–H and O–H groups in total. The summed E-state index contributed by atoms with van der Waals surface area (Å²) in [5.74, 6) is -4.09. The van der Waals surface area contributed by atoms with Crippen molar-refractivity contribution in [2.24, 2.45) is 16.2 Å². The molecule has 0 aliphatic heterocycles. The summed E-state index contributed by atoms with van der Waals surface area (Å²) >= 11 is 4.12. The highest BCUT2D eigenvalue weighted by Gasteiger charge is 2.42. The molecule has 284 valence electrons. The Kier molecular flexibility index (Phi) is 34.1. The van der Waals surface area contributed by atoms with Crippen molar-refractivity contribution in [1.82, 2.24) is 10.6 Å². The number of unbranched alkanes of at least 4 members (excludes halogenated alkanes) is 2. The molecule has 47 heavy (non-hydrogen) atoms. The molecule has 0 saturated heterocycles. The zero-order valence-electron chi connectivity index (χ0n) is 31.4. The van der Waals surface area contributed by atoms with Gasteiger partial charge in [-0.1, -0.05) is 61.8 Å². The fraction of sp³-hybridized carbons (Fsp3) is 0.935. The number of alkyl halides is 4. The van der Waals surface area contributed by atoms with Gasteiger partial charge in [-0.25, -0.2) is 13.6 Å². The SMILES string of the molecule is C.CCC(C)(COC)COCC(F)(F)C(F)F.CCCCCOC.COC(=O)NC1CC(C)(C)CC(C)(CNC(C)=O)C1.[2H]P(I)I.[2H][B]. The molecule has 0 aromatic carbocycles. The molecule has 8 nitrogen and oxygen atoms in total. The molecule has 0 spiro atoms. The van der Waals surface area contributed by atoms with Crippen molar-refractivity contribution in [3.05, 3.63) is 0 Å². The van der Waals surface area contributed by atoms with Crippen LogP contribution in [0.4, 0.5) is 22.4 Å². The molecule has 3 atom stereocenters. The summed E-state index contributed by atoms with van der Waals surface area (Å²) in [4.78, 5) is 22.5. The van der Waals surface area contributed by atoms with Crippen LogP contribution in [0.25, 0.3) is 0 Å². The van der Waals surface area contributed by atoms with E-state index in [0.29, 0.717) is 19.6 Å². The first-order valence-electron chi connectivity index (χ1n) is 16.0. The van der Waals surface area contributed by atoms with E-state index >= 15 is 0 Å². The summed E-state index contributed by atoms with van der Waals surface area (Å²) in [6.07, 6.45) is 3.18. The van der Waals surface area contributed by atoms with Crippen LogP contribution in [0, 0.1) is 16.2 Å². The van der Waals surface area contributed by atoms with Crippen LogP contribution in [0.2, 0.25) is 0 Å². The molecule has 1 aliphatic carbocycles. The zero-order chi connectivity index (χ0) is 38.6. The van der Waals surface area contributed by atoms with Crippen LogP contribution >= 0.6 is 47.9 Å². The largest absolute Gasteiger partial charge is 0.453 e. The van der Waals surface area contributed by atoms with E-state index in [1.165, 1.54) is 40.4 Å². The Labute approximate surface area is 315 Å². The minimum Gasteiger partial charge on any atom is -0.453 e. The number of carbonyl (C=O) groups is 2. The smallest absolute Gasteiger partial charge is 0.407 e. The van der Waals surface area contributed by atoms with Gasteiger partial charge in [-0.05, 0) is 88.4 Å². The lowest BCUT2D eigenvalue weighted by molar-refractivity contribution is -0.173. The molecule has 0 aromatic rings. The normalized spacial score (nSPS) is 19.8. The Morgan fingerprint density at radius 1 is 1.06 bits per heavy atom. The van der Waals surface area contributed by atoms with Gasteiger partial charge in [0.25, 0.3) is 0 Å². The Morgan fingerprint density at radius 3 is 2.02 bits per heavy atom. The van der Waals surface area contributed by atoms with Crippen LogP contribution in [-0.2, 0) is 23.7 Å². The van der Waals surface area contributed by atoms with Gasteiger partial charge in [0.15, 0.2) is 0 Å².